The van der Waals surface area contributed by atoms with E-state index < -0.39 is 63.6 Å². The number of nitrogens with one attached hydrogen (secondary N) is 3. The van der Waals surface area contributed by atoms with Crippen LogP contribution >= 0.6 is 0 Å². The smallest absolute Gasteiger partial charge is 0.444 e. The first-order valence-electron chi connectivity index (χ1n) is 13.5. The molecule has 2 rings (SSSR count). The number of amides is 3. The molecule has 0 radical (unpaired) electrons. The molecule has 1 fully saturated rings. The lowest BCUT2D eigenvalue weighted by atomic mass is 9.81. The van der Waals surface area contributed by atoms with Gasteiger partial charge in [0.25, 0.3) is 5.91 Å². The van der Waals surface area contributed by atoms with E-state index in [1.165, 1.54) is 0 Å². The van der Waals surface area contributed by atoms with Crippen molar-refractivity contribution >= 4 is 33.4 Å². The summed E-state index contributed by atoms with van der Waals surface area (Å²) in [5, 5.41) is 7.46. The molecule has 0 unspecified atom stereocenters. The molecule has 15 heteroatoms. The molecule has 42 heavy (non-hydrogen) atoms. The number of benzene rings is 1. The van der Waals surface area contributed by atoms with E-state index in [-0.39, 0.29) is 29.4 Å². The molecule has 3 N–H and O–H groups in total. The Morgan fingerprint density at radius 2 is 1.76 bits per heavy atom. The van der Waals surface area contributed by atoms with E-state index in [1.807, 2.05) is 20.9 Å². The molecule has 1 aromatic carbocycles. The lowest BCUT2D eigenvalue weighted by molar-refractivity contribution is -0.274. The first-order valence-corrected chi connectivity index (χ1v) is 15.6. The van der Waals surface area contributed by atoms with Crippen LogP contribution in [0.25, 0.3) is 0 Å². The number of carbonyl (C=O) groups is 3. The molecule has 11 nitrogen and oxygen atoms in total. The van der Waals surface area contributed by atoms with Gasteiger partial charge >= 0.3 is 12.5 Å². The zero-order valence-electron chi connectivity index (χ0n) is 24.9. The summed E-state index contributed by atoms with van der Waals surface area (Å²) in [6.45, 7) is 8.35. The Kier molecular flexibility index (Phi) is 11.7. The van der Waals surface area contributed by atoms with Crippen LogP contribution in [0, 0.1) is 5.92 Å². The molecular formula is C27H41F3N4O7S. The largest absolute Gasteiger partial charge is 0.573 e. The minimum Gasteiger partial charge on any atom is -0.444 e. The SMILES string of the molecule is CC(C)N(C)[C@@H]1CC[C@H](NC(=O)CNC(=O)c2cc(OC(F)(F)F)ccc2NC(=O)OC(C)(C)C)[C@@H](CS(C)(=O)=O)C1. The maximum absolute atomic E-state index is 13.0. The minimum atomic E-state index is -5.03. The number of hydrogen-bond donors (Lipinski definition) is 3. The standard InChI is InChI=1S/C27H41F3N4O7S/c1-16(2)34(6)18-8-10-21(17(12-18)15-42(7,38)39)32-23(35)14-31-24(36)20-13-19(40-27(28,29)30)9-11-22(20)33-25(37)41-26(3,4)5/h9,11,13,16-18,21H,8,10,12,14-15H2,1-7H3,(H,31,36)(H,32,35)(H,33,37)/t17-,18-,21+/m1/s1. The number of nitrogens with zero attached hydrogens (tertiary/aromatic N) is 1. The summed E-state index contributed by atoms with van der Waals surface area (Å²) < 4.78 is 71.6. The van der Waals surface area contributed by atoms with E-state index in [9.17, 15) is 36.0 Å². The summed E-state index contributed by atoms with van der Waals surface area (Å²) in [6, 6.07) is 2.69. The van der Waals surface area contributed by atoms with Crippen LogP contribution in [0.3, 0.4) is 0 Å². The van der Waals surface area contributed by atoms with Gasteiger partial charge in [0.05, 0.1) is 23.5 Å². The van der Waals surface area contributed by atoms with Gasteiger partial charge in [0.2, 0.25) is 5.91 Å². The van der Waals surface area contributed by atoms with Gasteiger partial charge in [0.15, 0.2) is 0 Å². The van der Waals surface area contributed by atoms with E-state index in [4.69, 9.17) is 4.74 Å². The maximum atomic E-state index is 13.0. The highest BCUT2D eigenvalue weighted by Crippen LogP contribution is 2.30. The van der Waals surface area contributed by atoms with Crippen molar-refractivity contribution in [2.24, 2.45) is 5.92 Å². The predicted octanol–water partition coefficient (Wildman–Crippen LogP) is 3.70. The van der Waals surface area contributed by atoms with E-state index in [1.54, 1.807) is 20.8 Å². The van der Waals surface area contributed by atoms with Crippen molar-refractivity contribution in [1.82, 2.24) is 15.5 Å². The minimum absolute atomic E-state index is 0.113. The molecule has 1 aliphatic rings. The Labute approximate surface area is 244 Å². The van der Waals surface area contributed by atoms with Crippen LogP contribution in [0.4, 0.5) is 23.7 Å². The fourth-order valence-corrected chi connectivity index (χ4v) is 5.88. The number of rotatable bonds is 10. The number of alkyl halides is 3. The van der Waals surface area contributed by atoms with Crippen molar-refractivity contribution < 1.29 is 45.4 Å². The van der Waals surface area contributed by atoms with Gasteiger partial charge in [-0.05, 0) is 85.0 Å². The van der Waals surface area contributed by atoms with Crippen LogP contribution in [-0.2, 0) is 19.4 Å². The first-order chi connectivity index (χ1) is 19.1. The number of anilines is 1. The van der Waals surface area contributed by atoms with E-state index in [0.717, 1.165) is 30.9 Å². The Bertz CT molecular complexity index is 1230. The van der Waals surface area contributed by atoms with Gasteiger partial charge in [-0.2, -0.15) is 0 Å². The summed E-state index contributed by atoms with van der Waals surface area (Å²) >= 11 is 0. The van der Waals surface area contributed by atoms with Crippen LogP contribution < -0.4 is 20.7 Å². The van der Waals surface area contributed by atoms with Crippen LogP contribution in [0.2, 0.25) is 0 Å². The monoisotopic (exact) mass is 622 g/mol. The molecule has 0 bridgehead atoms. The highest BCUT2D eigenvalue weighted by molar-refractivity contribution is 7.90. The predicted molar refractivity (Wildman–Crippen MR) is 151 cm³/mol. The van der Waals surface area contributed by atoms with E-state index in [0.29, 0.717) is 12.8 Å². The van der Waals surface area contributed by atoms with Crippen molar-refractivity contribution in [3.63, 3.8) is 0 Å². The van der Waals surface area contributed by atoms with Crippen LogP contribution in [0.1, 0.15) is 64.2 Å². The second-order valence-corrected chi connectivity index (χ2v) is 14.0. The van der Waals surface area contributed by atoms with Crippen LogP contribution in [0.15, 0.2) is 18.2 Å². The van der Waals surface area contributed by atoms with E-state index >= 15 is 0 Å². The molecular weight excluding hydrogens is 581 g/mol. The Morgan fingerprint density at radius 1 is 1.12 bits per heavy atom. The third-order valence-corrected chi connectivity index (χ3v) is 7.76. The first kappa shape index (κ1) is 35.1. The average Bonchev–Trinajstić information content (AvgIpc) is 2.81. The molecule has 1 saturated carbocycles. The fourth-order valence-electron chi connectivity index (χ4n) is 4.74. The van der Waals surface area contributed by atoms with Gasteiger partial charge in [-0.3, -0.25) is 14.9 Å². The number of hydrogen-bond acceptors (Lipinski definition) is 8. The molecule has 0 aliphatic heterocycles. The summed E-state index contributed by atoms with van der Waals surface area (Å²) in [7, 11) is -1.37. The van der Waals surface area contributed by atoms with Gasteiger partial charge in [0, 0.05) is 24.4 Å². The number of sulfone groups is 1. The van der Waals surface area contributed by atoms with Crippen molar-refractivity contribution in [3.05, 3.63) is 23.8 Å². The summed E-state index contributed by atoms with van der Waals surface area (Å²) in [5.41, 5.74) is -1.46. The summed E-state index contributed by atoms with van der Waals surface area (Å²) in [5.74, 6) is -2.73. The molecule has 0 saturated heterocycles. The molecule has 0 spiro atoms. The van der Waals surface area contributed by atoms with Gasteiger partial charge in [-0.15, -0.1) is 13.2 Å². The van der Waals surface area contributed by atoms with Gasteiger partial charge in [0.1, 0.15) is 21.2 Å². The Balaban J connectivity index is 2.15. The lowest BCUT2D eigenvalue weighted by Crippen LogP contribution is -2.52. The normalized spacial score (nSPS) is 19.8. The summed E-state index contributed by atoms with van der Waals surface area (Å²) in [6.07, 6.45) is -3.01. The molecule has 1 aromatic rings. The highest BCUT2D eigenvalue weighted by Gasteiger charge is 2.36. The number of ether oxygens (including phenoxy) is 2. The molecule has 0 aromatic heterocycles. The number of carbonyl (C=O) groups excluding carboxylic acids is 3. The van der Waals surface area contributed by atoms with Crippen molar-refractivity contribution in [1.29, 1.82) is 0 Å². The van der Waals surface area contributed by atoms with Crippen molar-refractivity contribution in [2.75, 3.05) is 30.9 Å². The lowest BCUT2D eigenvalue weighted by Gasteiger charge is -2.41. The third-order valence-electron chi connectivity index (χ3n) is 6.72. The maximum Gasteiger partial charge on any atom is 0.573 e. The Morgan fingerprint density at radius 3 is 2.31 bits per heavy atom. The molecule has 3 amide bonds. The molecule has 1 aliphatic carbocycles. The zero-order chi connectivity index (χ0) is 32.0. The van der Waals surface area contributed by atoms with Gasteiger partial charge < -0.3 is 25.0 Å². The molecule has 3 atom stereocenters. The molecule has 238 valence electrons. The fraction of sp³-hybridized carbons (Fsp3) is 0.667. The quantitative estimate of drug-likeness (QED) is 0.359. The average molecular weight is 623 g/mol. The van der Waals surface area contributed by atoms with Crippen molar-refractivity contribution in [3.8, 4) is 5.75 Å². The highest BCUT2D eigenvalue weighted by atomic mass is 32.2. The van der Waals surface area contributed by atoms with Gasteiger partial charge in [-0.1, -0.05) is 0 Å². The Hall–Kier alpha value is -3.07. The third kappa shape index (κ3) is 12.0. The van der Waals surface area contributed by atoms with Crippen LogP contribution in [-0.4, -0.2) is 86.9 Å². The second-order valence-electron chi connectivity index (χ2n) is 11.8. The second kappa shape index (κ2) is 13.9. The van der Waals surface area contributed by atoms with Crippen LogP contribution in [0.5, 0.6) is 5.75 Å². The van der Waals surface area contributed by atoms with E-state index in [2.05, 4.69) is 25.6 Å². The van der Waals surface area contributed by atoms with Crippen molar-refractivity contribution in [2.45, 2.75) is 84.0 Å². The topological polar surface area (TPSA) is 143 Å². The number of halogens is 3. The zero-order valence-corrected chi connectivity index (χ0v) is 25.7. The van der Waals surface area contributed by atoms with Gasteiger partial charge in [-0.25, -0.2) is 13.2 Å². The molecule has 0 heterocycles. The summed E-state index contributed by atoms with van der Waals surface area (Å²) in [4.78, 5) is 40.2.